The van der Waals surface area contributed by atoms with Crippen molar-refractivity contribution in [1.82, 2.24) is 5.32 Å². The number of ether oxygens (including phenoxy) is 3. The summed E-state index contributed by atoms with van der Waals surface area (Å²) >= 11 is 0. The Morgan fingerprint density at radius 2 is 2.14 bits per heavy atom. The van der Waals surface area contributed by atoms with Crippen molar-refractivity contribution in [2.45, 2.75) is 32.8 Å². The summed E-state index contributed by atoms with van der Waals surface area (Å²) in [5, 5.41) is 2.07. The van der Waals surface area contributed by atoms with Gasteiger partial charge in [0.05, 0.1) is 6.61 Å². The van der Waals surface area contributed by atoms with Crippen LogP contribution in [0.2, 0.25) is 0 Å². The van der Waals surface area contributed by atoms with Crippen molar-refractivity contribution >= 4 is 12.0 Å². The molecule has 114 valence electrons. The van der Waals surface area contributed by atoms with Gasteiger partial charge in [-0.1, -0.05) is 12.1 Å². The topological polar surface area (TPSA) is 73.9 Å². The van der Waals surface area contributed by atoms with E-state index in [1.54, 1.807) is 13.0 Å². The Hall–Kier alpha value is -2.24. The fourth-order valence-corrected chi connectivity index (χ4v) is 2.16. The predicted molar refractivity (Wildman–Crippen MR) is 75.5 cm³/mol. The van der Waals surface area contributed by atoms with E-state index in [0.717, 1.165) is 12.0 Å². The van der Waals surface area contributed by atoms with Crippen LogP contribution in [-0.2, 0) is 16.0 Å². The molecule has 21 heavy (non-hydrogen) atoms. The van der Waals surface area contributed by atoms with Crippen molar-refractivity contribution < 1.29 is 23.8 Å². The van der Waals surface area contributed by atoms with Gasteiger partial charge in [-0.05, 0) is 26.8 Å². The van der Waals surface area contributed by atoms with Gasteiger partial charge in [-0.3, -0.25) is 10.1 Å². The predicted octanol–water partition coefficient (Wildman–Crippen LogP) is 2.05. The first-order chi connectivity index (χ1) is 9.91. The summed E-state index contributed by atoms with van der Waals surface area (Å²) in [7, 11) is 0. The summed E-state index contributed by atoms with van der Waals surface area (Å²) in [4.78, 5) is 22.7. The second kappa shape index (κ2) is 6.03. The van der Waals surface area contributed by atoms with Crippen molar-refractivity contribution in [3.05, 3.63) is 23.8 Å². The molecule has 2 amide bonds. The highest BCUT2D eigenvalue weighted by atomic mass is 16.6. The van der Waals surface area contributed by atoms with Crippen molar-refractivity contribution in [3.8, 4) is 11.5 Å². The maximum Gasteiger partial charge on any atom is 0.413 e. The van der Waals surface area contributed by atoms with Gasteiger partial charge in [0.2, 0.25) is 0 Å². The minimum Gasteiger partial charge on any atom is -0.483 e. The van der Waals surface area contributed by atoms with Crippen LogP contribution >= 0.6 is 0 Å². The molecule has 6 heteroatoms. The Morgan fingerprint density at radius 3 is 2.86 bits per heavy atom. The standard InChI is InChI=1S/C15H19NO5/c1-4-19-14(18)16-12(17)9-20-11-7-5-6-10-8-15(2,3)21-13(10)11/h5-7H,4,8-9H2,1-3H3,(H,16,17,18). The molecule has 0 saturated heterocycles. The molecule has 1 heterocycles. The summed E-state index contributed by atoms with van der Waals surface area (Å²) < 4.78 is 15.9. The molecule has 0 aromatic heterocycles. The third-order valence-corrected chi connectivity index (χ3v) is 2.93. The number of hydrogen-bond acceptors (Lipinski definition) is 5. The minimum atomic E-state index is -0.776. The van der Waals surface area contributed by atoms with Crippen molar-refractivity contribution in [1.29, 1.82) is 0 Å². The number of alkyl carbamates (subject to hydrolysis) is 1. The van der Waals surface area contributed by atoms with Gasteiger partial charge < -0.3 is 14.2 Å². The molecule has 0 radical (unpaired) electrons. The Kier molecular flexibility index (Phi) is 4.35. The average Bonchev–Trinajstić information content (AvgIpc) is 2.70. The highest BCUT2D eigenvalue weighted by Crippen LogP contribution is 2.41. The molecule has 0 saturated carbocycles. The van der Waals surface area contributed by atoms with E-state index in [2.05, 4.69) is 10.1 Å². The minimum absolute atomic E-state index is 0.203. The van der Waals surface area contributed by atoms with E-state index >= 15 is 0 Å². The number of nitrogens with one attached hydrogen (secondary N) is 1. The SMILES string of the molecule is CCOC(=O)NC(=O)COc1cccc2c1OC(C)(C)C2. The number of imide groups is 1. The van der Waals surface area contributed by atoms with Gasteiger partial charge in [-0.15, -0.1) is 0 Å². The van der Waals surface area contributed by atoms with Gasteiger partial charge in [-0.2, -0.15) is 0 Å². The second-order valence-electron chi connectivity index (χ2n) is 5.34. The lowest BCUT2D eigenvalue weighted by atomic mass is 10.0. The van der Waals surface area contributed by atoms with Crippen molar-refractivity contribution in [3.63, 3.8) is 0 Å². The Labute approximate surface area is 123 Å². The summed E-state index contributed by atoms with van der Waals surface area (Å²) in [6.45, 7) is 5.57. The maximum atomic E-state index is 11.6. The van der Waals surface area contributed by atoms with Crippen molar-refractivity contribution in [2.75, 3.05) is 13.2 Å². The zero-order chi connectivity index (χ0) is 15.5. The zero-order valence-corrected chi connectivity index (χ0v) is 12.4. The number of fused-ring (bicyclic) bond motifs is 1. The van der Waals surface area contributed by atoms with E-state index in [0.29, 0.717) is 11.5 Å². The molecule has 2 rings (SSSR count). The largest absolute Gasteiger partial charge is 0.483 e. The smallest absolute Gasteiger partial charge is 0.413 e. The van der Waals surface area contributed by atoms with Gasteiger partial charge >= 0.3 is 6.09 Å². The third kappa shape index (κ3) is 3.87. The third-order valence-electron chi connectivity index (χ3n) is 2.93. The van der Waals surface area contributed by atoms with Gasteiger partial charge in [0.25, 0.3) is 5.91 Å². The number of carbonyl (C=O) groups is 2. The van der Waals surface area contributed by atoms with E-state index in [-0.39, 0.29) is 18.8 Å². The van der Waals surface area contributed by atoms with Gasteiger partial charge in [0.1, 0.15) is 5.60 Å². The van der Waals surface area contributed by atoms with E-state index in [9.17, 15) is 9.59 Å². The van der Waals surface area contributed by atoms with Crippen LogP contribution in [0.25, 0.3) is 0 Å². The lowest BCUT2D eigenvalue weighted by Gasteiger charge is -2.18. The number of amides is 2. The average molecular weight is 293 g/mol. The summed E-state index contributed by atoms with van der Waals surface area (Å²) in [6, 6.07) is 5.55. The molecule has 0 spiro atoms. The van der Waals surface area contributed by atoms with Crippen LogP contribution in [0, 0.1) is 0 Å². The van der Waals surface area contributed by atoms with Crippen LogP contribution in [0.3, 0.4) is 0 Å². The summed E-state index contributed by atoms with van der Waals surface area (Å²) in [5.41, 5.74) is 0.762. The molecule has 0 bridgehead atoms. The Balaban J connectivity index is 1.95. The molecule has 1 aromatic rings. The maximum absolute atomic E-state index is 11.6. The molecule has 0 fully saturated rings. The number of hydrogen-bond donors (Lipinski definition) is 1. The van der Waals surface area contributed by atoms with Gasteiger partial charge in [0, 0.05) is 12.0 Å². The molecule has 1 aliphatic rings. The summed E-state index contributed by atoms with van der Waals surface area (Å²) in [5.74, 6) is 0.590. The molecule has 0 atom stereocenters. The fraction of sp³-hybridized carbons (Fsp3) is 0.467. The van der Waals surface area contributed by atoms with Crippen LogP contribution in [0.5, 0.6) is 11.5 Å². The number of para-hydroxylation sites is 1. The Morgan fingerprint density at radius 1 is 1.38 bits per heavy atom. The van der Waals surface area contributed by atoms with E-state index in [1.165, 1.54) is 0 Å². The highest BCUT2D eigenvalue weighted by Gasteiger charge is 2.32. The lowest BCUT2D eigenvalue weighted by molar-refractivity contribution is -0.122. The first-order valence-corrected chi connectivity index (χ1v) is 6.81. The molecule has 1 N–H and O–H groups in total. The molecule has 1 aromatic carbocycles. The fourth-order valence-electron chi connectivity index (χ4n) is 2.16. The van der Waals surface area contributed by atoms with Crippen LogP contribution in [-0.4, -0.2) is 30.8 Å². The normalized spacial score (nSPS) is 14.8. The van der Waals surface area contributed by atoms with Crippen LogP contribution in [0.4, 0.5) is 4.79 Å². The van der Waals surface area contributed by atoms with E-state index < -0.39 is 12.0 Å². The Bertz CT molecular complexity index is 553. The van der Waals surface area contributed by atoms with E-state index in [1.807, 2.05) is 26.0 Å². The van der Waals surface area contributed by atoms with Crippen LogP contribution in [0.1, 0.15) is 26.3 Å². The first kappa shape index (κ1) is 15.2. The molecule has 0 unspecified atom stereocenters. The number of benzene rings is 1. The molecule has 1 aliphatic heterocycles. The molecular formula is C15H19NO5. The number of rotatable bonds is 4. The quantitative estimate of drug-likeness (QED) is 0.919. The van der Waals surface area contributed by atoms with Crippen LogP contribution in [0.15, 0.2) is 18.2 Å². The lowest BCUT2D eigenvalue weighted by Crippen LogP contribution is -2.34. The van der Waals surface area contributed by atoms with Crippen molar-refractivity contribution in [2.24, 2.45) is 0 Å². The zero-order valence-electron chi connectivity index (χ0n) is 12.4. The highest BCUT2D eigenvalue weighted by molar-refractivity contribution is 5.92. The van der Waals surface area contributed by atoms with Crippen LogP contribution < -0.4 is 14.8 Å². The van der Waals surface area contributed by atoms with Gasteiger partial charge in [0.15, 0.2) is 18.1 Å². The molecular weight excluding hydrogens is 274 g/mol. The monoisotopic (exact) mass is 293 g/mol. The molecule has 0 aliphatic carbocycles. The molecule has 6 nitrogen and oxygen atoms in total. The second-order valence-corrected chi connectivity index (χ2v) is 5.34. The number of carbonyl (C=O) groups excluding carboxylic acids is 2. The first-order valence-electron chi connectivity index (χ1n) is 6.81. The van der Waals surface area contributed by atoms with Gasteiger partial charge in [-0.25, -0.2) is 4.79 Å². The summed E-state index contributed by atoms with van der Waals surface area (Å²) in [6.07, 6.45) is 0.0101. The van der Waals surface area contributed by atoms with E-state index in [4.69, 9.17) is 9.47 Å².